The average molecular weight is 423 g/mol. The quantitative estimate of drug-likeness (QED) is 0.780. The van der Waals surface area contributed by atoms with Gasteiger partial charge in [0.2, 0.25) is 0 Å². The Morgan fingerprint density at radius 1 is 1.34 bits per heavy atom. The van der Waals surface area contributed by atoms with E-state index in [1.165, 1.54) is 23.5 Å². The number of hydrogen-bond donors (Lipinski definition) is 2. The molecule has 0 spiro atoms. The Kier molecular flexibility index (Phi) is 5.98. The Bertz CT molecular complexity index is 929. The van der Waals surface area contributed by atoms with Gasteiger partial charge in [-0.15, -0.1) is 11.3 Å². The molecule has 0 bridgehead atoms. The fraction of sp³-hybridized carbons (Fsp3) is 0.421. The van der Waals surface area contributed by atoms with Crippen molar-refractivity contribution in [3.8, 4) is 6.07 Å². The third-order valence-electron chi connectivity index (χ3n) is 5.17. The van der Waals surface area contributed by atoms with Gasteiger partial charge in [-0.05, 0) is 43.9 Å². The van der Waals surface area contributed by atoms with Crippen LogP contribution in [0.5, 0.6) is 0 Å². The predicted octanol–water partition coefficient (Wildman–Crippen LogP) is 3.79. The van der Waals surface area contributed by atoms with Gasteiger partial charge in [-0.25, -0.2) is 4.98 Å². The van der Waals surface area contributed by atoms with Gasteiger partial charge in [0.25, 0.3) is 5.91 Å². The Hall–Kier alpha value is -2.80. The van der Waals surface area contributed by atoms with E-state index in [9.17, 15) is 18.0 Å². The van der Waals surface area contributed by atoms with E-state index < -0.39 is 11.7 Å². The van der Waals surface area contributed by atoms with E-state index in [1.54, 1.807) is 18.5 Å². The maximum absolute atomic E-state index is 13.2. The third kappa shape index (κ3) is 4.79. The van der Waals surface area contributed by atoms with E-state index in [0.29, 0.717) is 29.4 Å². The van der Waals surface area contributed by atoms with Gasteiger partial charge in [-0.1, -0.05) is 0 Å². The lowest BCUT2D eigenvalue weighted by atomic mass is 9.90. The third-order valence-corrected chi connectivity index (χ3v) is 5.84. The van der Waals surface area contributed by atoms with Crippen LogP contribution in [0.3, 0.4) is 0 Å². The molecule has 0 radical (unpaired) electrons. The molecule has 0 atom stereocenters. The molecule has 0 saturated heterocycles. The molecule has 1 aromatic heterocycles. The van der Waals surface area contributed by atoms with Gasteiger partial charge in [0.15, 0.2) is 5.13 Å². The topological polar surface area (TPSA) is 95.0 Å². The lowest BCUT2D eigenvalue weighted by molar-refractivity contribution is -0.137. The molecule has 2 aromatic rings. The van der Waals surface area contributed by atoms with Crippen molar-refractivity contribution < 1.29 is 18.0 Å². The maximum atomic E-state index is 13.2. The minimum absolute atomic E-state index is 0.0122. The van der Waals surface area contributed by atoms with Gasteiger partial charge < -0.3 is 16.0 Å². The number of alkyl halides is 3. The number of amides is 1. The number of aromatic nitrogens is 1. The largest absolute Gasteiger partial charge is 0.417 e. The molecule has 3 rings (SSSR count). The number of nitrogen functional groups attached to an aromatic ring is 1. The van der Waals surface area contributed by atoms with Crippen molar-refractivity contribution in [3.63, 3.8) is 0 Å². The van der Waals surface area contributed by atoms with E-state index in [2.05, 4.69) is 10.3 Å². The van der Waals surface area contributed by atoms with Gasteiger partial charge in [0.05, 0.1) is 17.2 Å². The lowest BCUT2D eigenvalue weighted by Gasteiger charge is -2.36. The first-order valence-corrected chi connectivity index (χ1v) is 9.93. The second-order valence-corrected chi connectivity index (χ2v) is 7.89. The molecule has 10 heteroatoms. The van der Waals surface area contributed by atoms with E-state index in [0.717, 1.165) is 18.9 Å². The summed E-state index contributed by atoms with van der Waals surface area (Å²) in [6.45, 7) is 0. The number of halogens is 3. The fourth-order valence-corrected chi connectivity index (χ4v) is 4.10. The zero-order valence-corrected chi connectivity index (χ0v) is 16.5. The average Bonchev–Trinajstić information content (AvgIpc) is 3.13. The molecule has 29 heavy (non-hydrogen) atoms. The number of benzene rings is 1. The van der Waals surface area contributed by atoms with E-state index in [4.69, 9.17) is 11.0 Å². The SMILES string of the molecule is CN(c1ccc(C#N)c(C(F)(F)F)c1)[C@H]1CC[C@@H](NC(=O)c2csc(N)n2)CC1. The summed E-state index contributed by atoms with van der Waals surface area (Å²) >= 11 is 1.20. The van der Waals surface area contributed by atoms with Crippen LogP contribution in [0, 0.1) is 11.3 Å². The number of anilines is 2. The van der Waals surface area contributed by atoms with Gasteiger partial charge in [0.1, 0.15) is 5.69 Å². The molecule has 1 aliphatic rings. The van der Waals surface area contributed by atoms with Crippen molar-refractivity contribution in [2.24, 2.45) is 0 Å². The number of thiazole rings is 1. The molecule has 1 aromatic carbocycles. The second-order valence-electron chi connectivity index (χ2n) is 7.00. The molecule has 1 fully saturated rings. The number of carbonyl (C=O) groups excluding carboxylic acids is 1. The summed E-state index contributed by atoms with van der Waals surface area (Å²) in [6, 6.07) is 5.40. The number of nitriles is 1. The zero-order chi connectivity index (χ0) is 21.2. The first-order valence-electron chi connectivity index (χ1n) is 9.05. The maximum Gasteiger partial charge on any atom is 0.417 e. The summed E-state index contributed by atoms with van der Waals surface area (Å²) in [7, 11) is 1.75. The summed E-state index contributed by atoms with van der Waals surface area (Å²) in [4.78, 5) is 18.0. The van der Waals surface area contributed by atoms with Crippen molar-refractivity contribution in [2.75, 3.05) is 17.7 Å². The summed E-state index contributed by atoms with van der Waals surface area (Å²) in [5.41, 5.74) is 4.95. The molecule has 1 aliphatic carbocycles. The van der Waals surface area contributed by atoms with Crippen molar-refractivity contribution in [1.82, 2.24) is 10.3 Å². The number of nitrogens with one attached hydrogen (secondary N) is 1. The molecule has 1 heterocycles. The van der Waals surface area contributed by atoms with Crippen LogP contribution in [0.15, 0.2) is 23.6 Å². The number of nitrogens with zero attached hydrogens (tertiary/aromatic N) is 3. The molecule has 3 N–H and O–H groups in total. The molecule has 6 nitrogen and oxygen atoms in total. The molecule has 0 aliphatic heterocycles. The minimum Gasteiger partial charge on any atom is -0.375 e. The normalized spacial score (nSPS) is 19.4. The van der Waals surface area contributed by atoms with Gasteiger partial charge in [-0.3, -0.25) is 4.79 Å². The summed E-state index contributed by atoms with van der Waals surface area (Å²) in [5, 5.41) is 13.8. The highest BCUT2D eigenvalue weighted by atomic mass is 32.1. The highest BCUT2D eigenvalue weighted by molar-refractivity contribution is 7.13. The highest BCUT2D eigenvalue weighted by Gasteiger charge is 2.34. The number of rotatable bonds is 4. The fourth-order valence-electron chi connectivity index (χ4n) is 3.55. The van der Waals surface area contributed by atoms with Crippen LogP contribution in [0.1, 0.15) is 47.3 Å². The van der Waals surface area contributed by atoms with Crippen molar-refractivity contribution >= 4 is 28.1 Å². The van der Waals surface area contributed by atoms with Crippen LogP contribution < -0.4 is 16.0 Å². The van der Waals surface area contributed by atoms with E-state index >= 15 is 0 Å². The smallest absolute Gasteiger partial charge is 0.375 e. The molecule has 154 valence electrons. The van der Waals surface area contributed by atoms with Crippen LogP contribution in [-0.2, 0) is 6.18 Å². The van der Waals surface area contributed by atoms with Gasteiger partial charge >= 0.3 is 6.18 Å². The summed E-state index contributed by atoms with van der Waals surface area (Å²) in [6.07, 6.45) is -1.71. The first-order chi connectivity index (χ1) is 13.7. The Morgan fingerprint density at radius 3 is 2.59 bits per heavy atom. The minimum atomic E-state index is -4.58. The molecule has 1 amide bonds. The molecular weight excluding hydrogens is 403 g/mol. The Morgan fingerprint density at radius 2 is 2.03 bits per heavy atom. The lowest BCUT2D eigenvalue weighted by Crippen LogP contribution is -2.43. The molecule has 1 saturated carbocycles. The standard InChI is InChI=1S/C19H20F3N5OS/c1-27(14-5-2-11(9-23)15(8-14)19(20,21)22)13-6-3-12(4-7-13)25-17(28)16-10-29-18(24)26-16/h2,5,8,10,12-13H,3-4,6-7H2,1H3,(H2,24,26)(H,25,28)/t12-,13+. The van der Waals surface area contributed by atoms with Gasteiger partial charge in [-0.2, -0.15) is 18.4 Å². The van der Waals surface area contributed by atoms with Crippen LogP contribution in [0.2, 0.25) is 0 Å². The number of hydrogen-bond acceptors (Lipinski definition) is 6. The van der Waals surface area contributed by atoms with Crippen molar-refractivity contribution in [3.05, 3.63) is 40.4 Å². The first kappa shape index (κ1) is 20.9. The van der Waals surface area contributed by atoms with Gasteiger partial charge in [0, 0.05) is 30.2 Å². The number of carbonyl (C=O) groups is 1. The Balaban J connectivity index is 1.62. The van der Waals surface area contributed by atoms with Crippen molar-refractivity contribution in [2.45, 2.75) is 43.9 Å². The monoisotopic (exact) mass is 423 g/mol. The summed E-state index contributed by atoms with van der Waals surface area (Å²) in [5.74, 6) is -0.267. The van der Waals surface area contributed by atoms with Crippen LogP contribution in [0.4, 0.5) is 24.0 Å². The predicted molar refractivity (Wildman–Crippen MR) is 105 cm³/mol. The highest BCUT2D eigenvalue weighted by Crippen LogP contribution is 2.35. The zero-order valence-electron chi connectivity index (χ0n) is 15.7. The van der Waals surface area contributed by atoms with Crippen LogP contribution in [-0.4, -0.2) is 30.0 Å². The van der Waals surface area contributed by atoms with Crippen LogP contribution in [0.25, 0.3) is 0 Å². The molecule has 0 unspecified atom stereocenters. The van der Waals surface area contributed by atoms with Crippen LogP contribution >= 0.6 is 11.3 Å². The van der Waals surface area contributed by atoms with E-state index in [-0.39, 0.29) is 23.6 Å². The second kappa shape index (κ2) is 8.29. The Labute approximate surface area is 170 Å². The summed E-state index contributed by atoms with van der Waals surface area (Å²) < 4.78 is 39.6. The van der Waals surface area contributed by atoms with E-state index in [1.807, 2.05) is 4.90 Å². The number of nitrogens with two attached hydrogens (primary N) is 1. The van der Waals surface area contributed by atoms with Crippen molar-refractivity contribution in [1.29, 1.82) is 5.26 Å². The molecular formula is C19H20F3N5OS.